The first-order chi connectivity index (χ1) is 7.95. The Hall–Kier alpha value is -2.04. The van der Waals surface area contributed by atoms with Crippen LogP contribution in [0.3, 0.4) is 0 Å². The zero-order valence-corrected chi connectivity index (χ0v) is 9.97. The minimum Gasteiger partial charge on any atom is -0.478 e. The summed E-state index contributed by atoms with van der Waals surface area (Å²) in [5, 5.41) is 9.36. The lowest BCUT2D eigenvalue weighted by Gasteiger charge is -2.10. The van der Waals surface area contributed by atoms with E-state index in [1.807, 2.05) is 13.8 Å². The molecule has 0 aliphatic rings. The van der Waals surface area contributed by atoms with Gasteiger partial charge in [0.2, 0.25) is 0 Å². The van der Waals surface area contributed by atoms with Crippen LogP contribution in [-0.2, 0) is 7.05 Å². The van der Waals surface area contributed by atoms with Crippen molar-refractivity contribution in [2.45, 2.75) is 19.9 Å². The fraction of sp³-hybridized carbons (Fsp3) is 0.333. The van der Waals surface area contributed by atoms with Crippen LogP contribution in [-0.4, -0.2) is 20.4 Å². The molecule has 5 heteroatoms. The van der Waals surface area contributed by atoms with Gasteiger partial charge in [-0.3, -0.25) is 9.48 Å². The maximum Gasteiger partial charge on any atom is 0.336 e. The number of aromatic carboxylic acids is 1. The number of carboxylic acids is 1. The van der Waals surface area contributed by atoms with E-state index in [-0.39, 0.29) is 22.6 Å². The predicted octanol–water partition coefficient (Wildman–Crippen LogP) is 1.62. The molecule has 1 aromatic heterocycles. The topological polar surface area (TPSA) is 64.2 Å². The standard InChI is InChI=1S/C12H14N2O3/c1-7(2)14-11(15)10-8(12(16)17)5-4-6-9(10)13(14)3/h4-7H,1-3H3,(H,16,17). The highest BCUT2D eigenvalue weighted by Gasteiger charge is 2.18. The number of aromatic nitrogens is 2. The number of carboxylic acid groups (broad SMARTS) is 1. The molecule has 5 nitrogen and oxygen atoms in total. The van der Waals surface area contributed by atoms with E-state index in [0.717, 1.165) is 0 Å². The van der Waals surface area contributed by atoms with Crippen LogP contribution in [0.4, 0.5) is 0 Å². The van der Waals surface area contributed by atoms with E-state index < -0.39 is 5.97 Å². The van der Waals surface area contributed by atoms with Crippen LogP contribution in [0, 0.1) is 0 Å². The first-order valence-electron chi connectivity index (χ1n) is 5.38. The Morgan fingerprint density at radius 2 is 2.00 bits per heavy atom. The van der Waals surface area contributed by atoms with Crippen LogP contribution < -0.4 is 5.56 Å². The molecule has 2 rings (SSSR count). The Morgan fingerprint density at radius 1 is 1.35 bits per heavy atom. The van der Waals surface area contributed by atoms with Gasteiger partial charge in [-0.05, 0) is 26.0 Å². The molecule has 90 valence electrons. The van der Waals surface area contributed by atoms with E-state index in [0.29, 0.717) is 5.52 Å². The lowest BCUT2D eigenvalue weighted by atomic mass is 10.1. The van der Waals surface area contributed by atoms with Gasteiger partial charge in [0.1, 0.15) is 0 Å². The van der Waals surface area contributed by atoms with E-state index in [4.69, 9.17) is 5.11 Å². The van der Waals surface area contributed by atoms with Crippen molar-refractivity contribution in [2.75, 3.05) is 0 Å². The first-order valence-corrected chi connectivity index (χ1v) is 5.38. The number of hydrogen-bond acceptors (Lipinski definition) is 2. The second-order valence-corrected chi connectivity index (χ2v) is 4.27. The van der Waals surface area contributed by atoms with Crippen molar-refractivity contribution in [3.63, 3.8) is 0 Å². The molecule has 0 saturated carbocycles. The fourth-order valence-electron chi connectivity index (χ4n) is 2.16. The number of carbonyl (C=O) groups is 1. The highest BCUT2D eigenvalue weighted by Crippen LogP contribution is 2.17. The summed E-state index contributed by atoms with van der Waals surface area (Å²) in [7, 11) is 1.76. The Kier molecular flexibility index (Phi) is 2.53. The molecule has 0 atom stereocenters. The van der Waals surface area contributed by atoms with E-state index in [1.54, 1.807) is 28.5 Å². The minimum absolute atomic E-state index is 0.0125. The molecule has 0 fully saturated rings. The Labute approximate surface area is 97.9 Å². The fourth-order valence-corrected chi connectivity index (χ4v) is 2.16. The van der Waals surface area contributed by atoms with Crippen LogP contribution in [0.25, 0.3) is 10.9 Å². The smallest absolute Gasteiger partial charge is 0.336 e. The molecule has 0 spiro atoms. The summed E-state index contributed by atoms with van der Waals surface area (Å²) in [5.41, 5.74) is 0.446. The second-order valence-electron chi connectivity index (χ2n) is 4.27. The van der Waals surface area contributed by atoms with E-state index >= 15 is 0 Å². The van der Waals surface area contributed by atoms with Crippen LogP contribution in [0.2, 0.25) is 0 Å². The molecular weight excluding hydrogens is 220 g/mol. The van der Waals surface area contributed by atoms with Crippen LogP contribution >= 0.6 is 0 Å². The van der Waals surface area contributed by atoms with Gasteiger partial charge < -0.3 is 5.11 Å². The van der Waals surface area contributed by atoms with Gasteiger partial charge in [0.25, 0.3) is 5.56 Å². The second kappa shape index (κ2) is 3.76. The number of fused-ring (bicyclic) bond motifs is 1. The largest absolute Gasteiger partial charge is 0.478 e. The molecule has 0 radical (unpaired) electrons. The quantitative estimate of drug-likeness (QED) is 0.858. The molecule has 1 N–H and O–H groups in total. The van der Waals surface area contributed by atoms with Gasteiger partial charge in [-0.2, -0.15) is 0 Å². The van der Waals surface area contributed by atoms with Crippen LogP contribution in [0.15, 0.2) is 23.0 Å². The summed E-state index contributed by atoms with van der Waals surface area (Å²) in [6.07, 6.45) is 0. The Balaban J connectivity index is 2.98. The highest BCUT2D eigenvalue weighted by molar-refractivity contribution is 6.02. The summed E-state index contributed by atoms with van der Waals surface area (Å²) in [6.45, 7) is 3.78. The highest BCUT2D eigenvalue weighted by atomic mass is 16.4. The average molecular weight is 234 g/mol. The monoisotopic (exact) mass is 234 g/mol. The van der Waals surface area contributed by atoms with Crippen molar-refractivity contribution in [3.05, 3.63) is 34.1 Å². The van der Waals surface area contributed by atoms with Crippen LogP contribution in [0.5, 0.6) is 0 Å². The third kappa shape index (κ3) is 1.54. The van der Waals surface area contributed by atoms with Crippen LogP contribution in [0.1, 0.15) is 30.2 Å². The molecule has 0 saturated heterocycles. The van der Waals surface area contributed by atoms with E-state index in [1.165, 1.54) is 6.07 Å². The van der Waals surface area contributed by atoms with Gasteiger partial charge in [0.05, 0.1) is 16.5 Å². The van der Waals surface area contributed by atoms with Gasteiger partial charge in [-0.25, -0.2) is 9.48 Å². The third-order valence-electron chi connectivity index (χ3n) is 2.86. The maximum absolute atomic E-state index is 12.2. The minimum atomic E-state index is -1.07. The summed E-state index contributed by atoms with van der Waals surface area (Å²) in [5.74, 6) is -1.07. The average Bonchev–Trinajstić information content (AvgIpc) is 2.51. The zero-order valence-electron chi connectivity index (χ0n) is 9.97. The molecule has 0 unspecified atom stereocenters. The Bertz CT molecular complexity index is 650. The van der Waals surface area contributed by atoms with Gasteiger partial charge in [-0.1, -0.05) is 6.07 Å². The van der Waals surface area contributed by atoms with Gasteiger partial charge >= 0.3 is 5.97 Å². The normalized spacial score (nSPS) is 11.3. The van der Waals surface area contributed by atoms with Crippen molar-refractivity contribution in [1.82, 2.24) is 9.36 Å². The number of rotatable bonds is 2. The third-order valence-corrected chi connectivity index (χ3v) is 2.86. The molecular formula is C12H14N2O3. The van der Waals surface area contributed by atoms with Gasteiger partial charge in [0.15, 0.2) is 0 Å². The summed E-state index contributed by atoms with van der Waals surface area (Å²) in [4.78, 5) is 23.3. The number of aryl methyl sites for hydroxylation is 1. The lowest BCUT2D eigenvalue weighted by Crippen LogP contribution is -2.23. The summed E-state index contributed by atoms with van der Waals surface area (Å²) in [6, 6.07) is 4.84. The molecule has 0 amide bonds. The summed E-state index contributed by atoms with van der Waals surface area (Å²) >= 11 is 0. The number of benzene rings is 1. The molecule has 17 heavy (non-hydrogen) atoms. The van der Waals surface area contributed by atoms with E-state index in [9.17, 15) is 9.59 Å². The molecule has 0 aliphatic carbocycles. The van der Waals surface area contributed by atoms with Gasteiger partial charge in [0, 0.05) is 13.1 Å². The molecule has 0 bridgehead atoms. The maximum atomic E-state index is 12.2. The SMILES string of the molecule is CC(C)n1c(=O)c2c(C(=O)O)cccc2n1C. The number of nitrogens with zero attached hydrogens (tertiary/aromatic N) is 2. The van der Waals surface area contributed by atoms with Crippen molar-refractivity contribution >= 4 is 16.9 Å². The first kappa shape index (κ1) is 11.4. The lowest BCUT2D eigenvalue weighted by molar-refractivity contribution is 0.0699. The van der Waals surface area contributed by atoms with E-state index in [2.05, 4.69) is 0 Å². The number of hydrogen-bond donors (Lipinski definition) is 1. The van der Waals surface area contributed by atoms with Crippen molar-refractivity contribution in [3.8, 4) is 0 Å². The predicted molar refractivity (Wildman–Crippen MR) is 64.5 cm³/mol. The molecule has 1 aromatic carbocycles. The van der Waals surface area contributed by atoms with Gasteiger partial charge in [-0.15, -0.1) is 0 Å². The molecule has 2 aromatic rings. The zero-order chi connectivity index (χ0) is 12.7. The molecule has 1 heterocycles. The van der Waals surface area contributed by atoms with Crippen molar-refractivity contribution < 1.29 is 9.90 Å². The summed E-state index contributed by atoms with van der Waals surface area (Å²) < 4.78 is 3.26. The molecule has 0 aliphatic heterocycles. The Morgan fingerprint density at radius 3 is 2.53 bits per heavy atom. The van der Waals surface area contributed by atoms with Crippen molar-refractivity contribution in [1.29, 1.82) is 0 Å². The van der Waals surface area contributed by atoms with Crippen molar-refractivity contribution in [2.24, 2.45) is 7.05 Å².